The molecule has 0 aliphatic carbocycles. The molecule has 3 rings (SSSR count). The Morgan fingerprint density at radius 3 is 2.83 bits per heavy atom. The quantitative estimate of drug-likeness (QED) is 0.791. The Morgan fingerprint density at radius 1 is 1.33 bits per heavy atom. The van der Waals surface area contributed by atoms with Gasteiger partial charge < -0.3 is 9.88 Å². The van der Waals surface area contributed by atoms with Crippen LogP contribution < -0.4 is 10.2 Å². The van der Waals surface area contributed by atoms with Crippen LogP contribution in [0.2, 0.25) is 0 Å². The van der Waals surface area contributed by atoms with Crippen LogP contribution in [0, 0.1) is 20.8 Å². The number of nitrogens with zero attached hydrogens (tertiary/aromatic N) is 2. The third-order valence-electron chi connectivity index (χ3n) is 4.22. The van der Waals surface area contributed by atoms with Gasteiger partial charge in [0.15, 0.2) is 0 Å². The van der Waals surface area contributed by atoms with Gasteiger partial charge in [0.2, 0.25) is 5.91 Å². The molecule has 24 heavy (non-hydrogen) atoms. The van der Waals surface area contributed by atoms with Crippen molar-refractivity contribution in [1.82, 2.24) is 9.55 Å². The molecule has 2 aromatic heterocycles. The summed E-state index contributed by atoms with van der Waals surface area (Å²) in [6, 6.07) is 5.79. The third-order valence-corrected chi connectivity index (χ3v) is 5.10. The van der Waals surface area contributed by atoms with Crippen molar-refractivity contribution in [2.45, 2.75) is 33.7 Å². The molecule has 6 heteroatoms. The summed E-state index contributed by atoms with van der Waals surface area (Å²) >= 11 is 1.16. The highest BCUT2D eigenvalue weighted by molar-refractivity contribution is 7.07. The number of hydrogen-bond donors (Lipinski definition) is 1. The zero-order chi connectivity index (χ0) is 17.3. The first-order valence-electron chi connectivity index (χ1n) is 7.77. The number of amides is 1. The number of thiazole rings is 1. The maximum Gasteiger partial charge on any atom is 0.307 e. The molecule has 3 aromatic rings. The number of hydrogen-bond acceptors (Lipinski definition) is 4. The number of nitrogens with one attached hydrogen (secondary N) is 1. The van der Waals surface area contributed by atoms with Crippen molar-refractivity contribution < 1.29 is 4.79 Å². The summed E-state index contributed by atoms with van der Waals surface area (Å²) in [5, 5.41) is 5.70. The van der Waals surface area contributed by atoms with Crippen molar-refractivity contribution in [3.63, 3.8) is 0 Å². The SMILES string of the molecule is Cc1cc(NC(=O)CCn2c(C)csc2=O)c2cccnc2c1C. The first kappa shape index (κ1) is 16.4. The number of carbonyl (C=O) groups excluding carboxylic acids is 1. The lowest BCUT2D eigenvalue weighted by Gasteiger charge is -2.12. The summed E-state index contributed by atoms with van der Waals surface area (Å²) in [4.78, 5) is 28.4. The molecule has 1 amide bonds. The highest BCUT2D eigenvalue weighted by atomic mass is 32.1. The number of aromatic nitrogens is 2. The summed E-state index contributed by atoms with van der Waals surface area (Å²) in [5.74, 6) is -0.110. The Morgan fingerprint density at radius 2 is 2.12 bits per heavy atom. The number of fused-ring (bicyclic) bond motifs is 1. The largest absolute Gasteiger partial charge is 0.325 e. The maximum atomic E-state index is 12.3. The van der Waals surface area contributed by atoms with Crippen molar-refractivity contribution in [2.24, 2.45) is 0 Å². The third kappa shape index (κ3) is 3.10. The van der Waals surface area contributed by atoms with Gasteiger partial charge in [-0.3, -0.25) is 14.6 Å². The Bertz CT molecular complexity index is 972. The van der Waals surface area contributed by atoms with Crippen LogP contribution in [0.15, 0.2) is 34.6 Å². The van der Waals surface area contributed by atoms with Crippen molar-refractivity contribution >= 4 is 33.8 Å². The zero-order valence-electron chi connectivity index (χ0n) is 13.9. The van der Waals surface area contributed by atoms with Gasteiger partial charge in [-0.1, -0.05) is 11.3 Å². The number of rotatable bonds is 4. The van der Waals surface area contributed by atoms with Crippen molar-refractivity contribution in [1.29, 1.82) is 0 Å². The summed E-state index contributed by atoms with van der Waals surface area (Å²) in [6.07, 6.45) is 2.01. The first-order chi connectivity index (χ1) is 11.5. The number of carbonyl (C=O) groups is 1. The monoisotopic (exact) mass is 341 g/mol. The van der Waals surface area contributed by atoms with E-state index in [-0.39, 0.29) is 17.2 Å². The highest BCUT2D eigenvalue weighted by Crippen LogP contribution is 2.27. The molecule has 1 aromatic carbocycles. The highest BCUT2D eigenvalue weighted by Gasteiger charge is 2.11. The minimum atomic E-state index is -0.110. The lowest BCUT2D eigenvalue weighted by atomic mass is 10.0. The van der Waals surface area contributed by atoms with Gasteiger partial charge in [-0.15, -0.1) is 0 Å². The minimum absolute atomic E-state index is 0.0267. The van der Waals surface area contributed by atoms with Crippen LogP contribution in [0.1, 0.15) is 23.2 Å². The summed E-state index contributed by atoms with van der Waals surface area (Å²) in [6.45, 7) is 6.30. The molecular formula is C18H19N3O2S. The van der Waals surface area contributed by atoms with Crippen LogP contribution in [0.25, 0.3) is 10.9 Å². The number of anilines is 1. The Kier molecular flexibility index (Phi) is 4.49. The van der Waals surface area contributed by atoms with Crippen molar-refractivity contribution in [3.05, 3.63) is 56.3 Å². The van der Waals surface area contributed by atoms with E-state index in [0.717, 1.165) is 44.7 Å². The maximum absolute atomic E-state index is 12.3. The molecular weight excluding hydrogens is 322 g/mol. The molecule has 0 aliphatic rings. The van der Waals surface area contributed by atoms with Gasteiger partial charge in [-0.25, -0.2) is 0 Å². The molecule has 5 nitrogen and oxygen atoms in total. The van der Waals surface area contributed by atoms with Crippen LogP contribution in [-0.4, -0.2) is 15.5 Å². The van der Waals surface area contributed by atoms with E-state index in [2.05, 4.69) is 10.3 Å². The second kappa shape index (κ2) is 6.57. The smallest absolute Gasteiger partial charge is 0.307 e. The van der Waals surface area contributed by atoms with E-state index in [1.165, 1.54) is 0 Å². The molecule has 0 saturated heterocycles. The topological polar surface area (TPSA) is 64.0 Å². The van der Waals surface area contributed by atoms with E-state index in [1.54, 1.807) is 10.8 Å². The Labute approximate surface area is 144 Å². The summed E-state index contributed by atoms with van der Waals surface area (Å²) in [5.41, 5.74) is 4.75. The molecule has 0 saturated carbocycles. The van der Waals surface area contributed by atoms with Gasteiger partial charge in [0.05, 0.1) is 11.2 Å². The van der Waals surface area contributed by atoms with Gasteiger partial charge in [0.25, 0.3) is 0 Å². The second-order valence-electron chi connectivity index (χ2n) is 5.86. The molecule has 0 spiro atoms. The number of aryl methyl sites for hydroxylation is 3. The van der Waals surface area contributed by atoms with Gasteiger partial charge in [-0.2, -0.15) is 0 Å². The second-order valence-corrected chi connectivity index (χ2v) is 6.68. The molecule has 124 valence electrons. The van der Waals surface area contributed by atoms with Crippen LogP contribution in [0.3, 0.4) is 0 Å². The van der Waals surface area contributed by atoms with Gasteiger partial charge >= 0.3 is 4.87 Å². The fourth-order valence-corrected chi connectivity index (χ4v) is 3.48. The van der Waals surface area contributed by atoms with Crippen LogP contribution in [-0.2, 0) is 11.3 Å². The van der Waals surface area contributed by atoms with Gasteiger partial charge in [-0.05, 0) is 50.1 Å². The molecule has 2 heterocycles. The summed E-state index contributed by atoms with van der Waals surface area (Å²) < 4.78 is 1.63. The average Bonchev–Trinajstić information content (AvgIpc) is 2.89. The van der Waals surface area contributed by atoms with Gasteiger partial charge in [0, 0.05) is 35.6 Å². The molecule has 0 unspecified atom stereocenters. The molecule has 0 atom stereocenters. The molecule has 0 fully saturated rings. The minimum Gasteiger partial charge on any atom is -0.325 e. The van der Waals surface area contributed by atoms with E-state index in [0.29, 0.717) is 6.54 Å². The Hall–Kier alpha value is -2.47. The molecule has 1 N–H and O–H groups in total. The molecule has 0 aliphatic heterocycles. The summed E-state index contributed by atoms with van der Waals surface area (Å²) in [7, 11) is 0. The molecule has 0 bridgehead atoms. The normalized spacial score (nSPS) is 11.0. The molecule has 0 radical (unpaired) electrons. The van der Waals surface area contributed by atoms with Crippen molar-refractivity contribution in [3.8, 4) is 0 Å². The predicted octanol–water partition coefficient (Wildman–Crippen LogP) is 3.41. The average molecular weight is 341 g/mol. The fourth-order valence-electron chi connectivity index (χ4n) is 2.71. The van der Waals surface area contributed by atoms with E-state index in [1.807, 2.05) is 44.4 Å². The van der Waals surface area contributed by atoms with E-state index in [9.17, 15) is 9.59 Å². The first-order valence-corrected chi connectivity index (χ1v) is 8.65. The fraction of sp³-hybridized carbons (Fsp3) is 0.278. The number of pyridine rings is 1. The van der Waals surface area contributed by atoms with Crippen molar-refractivity contribution in [2.75, 3.05) is 5.32 Å². The number of benzene rings is 1. The van der Waals surface area contributed by atoms with E-state index < -0.39 is 0 Å². The standard InChI is InChI=1S/C18H19N3O2S/c1-11-9-15(14-5-4-7-19-17(14)13(11)3)20-16(22)6-8-21-12(2)10-24-18(21)23/h4-5,7,9-10H,6,8H2,1-3H3,(H,20,22). The van der Waals surface area contributed by atoms with E-state index >= 15 is 0 Å². The predicted molar refractivity (Wildman–Crippen MR) is 97.8 cm³/mol. The van der Waals surface area contributed by atoms with Crippen LogP contribution >= 0.6 is 11.3 Å². The zero-order valence-corrected chi connectivity index (χ0v) is 14.7. The lowest BCUT2D eigenvalue weighted by molar-refractivity contribution is -0.116. The van der Waals surface area contributed by atoms with Crippen LogP contribution in [0.5, 0.6) is 0 Å². The van der Waals surface area contributed by atoms with Crippen LogP contribution in [0.4, 0.5) is 5.69 Å². The van der Waals surface area contributed by atoms with E-state index in [4.69, 9.17) is 0 Å². The Balaban J connectivity index is 1.81. The lowest BCUT2D eigenvalue weighted by Crippen LogP contribution is -2.20. The van der Waals surface area contributed by atoms with Gasteiger partial charge in [0.1, 0.15) is 0 Å².